The van der Waals surface area contributed by atoms with E-state index in [4.69, 9.17) is 5.73 Å². The molecule has 3 aliphatic heterocycles. The van der Waals surface area contributed by atoms with Crippen LogP contribution in [-0.4, -0.2) is 53.6 Å². The topological polar surface area (TPSA) is 32.5 Å². The highest BCUT2D eigenvalue weighted by atomic mass is 15.3. The highest BCUT2D eigenvalue weighted by Gasteiger charge is 2.54. The Kier molecular flexibility index (Phi) is 3.56. The van der Waals surface area contributed by atoms with Crippen molar-refractivity contribution in [3.8, 4) is 0 Å². The van der Waals surface area contributed by atoms with Crippen LogP contribution in [0.4, 0.5) is 0 Å². The highest BCUT2D eigenvalue weighted by molar-refractivity contribution is 5.12. The minimum atomic E-state index is 0.331. The van der Waals surface area contributed by atoms with Crippen LogP contribution >= 0.6 is 0 Å². The molecular formula is C17H31N3. The maximum absolute atomic E-state index is 6.41. The molecule has 4 aliphatic rings. The van der Waals surface area contributed by atoms with Crippen LogP contribution in [0.2, 0.25) is 0 Å². The van der Waals surface area contributed by atoms with Crippen LogP contribution in [0.15, 0.2) is 0 Å². The molecule has 4 atom stereocenters. The molecule has 4 rings (SSSR count). The van der Waals surface area contributed by atoms with E-state index < -0.39 is 0 Å². The first kappa shape index (κ1) is 13.5. The fourth-order valence-electron chi connectivity index (χ4n) is 6.02. The molecule has 3 nitrogen and oxygen atoms in total. The number of nitrogens with two attached hydrogens (primary N) is 1. The number of likely N-dealkylation sites (tertiary alicyclic amines) is 1. The third kappa shape index (κ3) is 1.89. The van der Waals surface area contributed by atoms with Crippen LogP contribution in [-0.2, 0) is 0 Å². The lowest BCUT2D eigenvalue weighted by molar-refractivity contribution is 0.0132. The standard InChI is InChI=1S/C17H31N3/c18-13-17(9-12-19-10-4-3-7-16(17)19)20-11-8-14-5-1-2-6-15(14)20/h14-16H,1-13,18H2. The summed E-state index contributed by atoms with van der Waals surface area (Å²) in [5.41, 5.74) is 6.74. The van der Waals surface area contributed by atoms with Gasteiger partial charge in [0.1, 0.15) is 0 Å². The number of hydrogen-bond acceptors (Lipinski definition) is 3. The second-order valence-electron chi connectivity index (χ2n) is 7.70. The van der Waals surface area contributed by atoms with E-state index in [1.165, 1.54) is 77.4 Å². The molecular weight excluding hydrogens is 246 g/mol. The Labute approximate surface area is 123 Å². The van der Waals surface area contributed by atoms with Crippen LogP contribution in [0.1, 0.15) is 57.8 Å². The molecule has 0 amide bonds. The zero-order chi connectivity index (χ0) is 13.6. The number of fused-ring (bicyclic) bond motifs is 2. The Hall–Kier alpha value is -0.120. The lowest BCUT2D eigenvalue weighted by Gasteiger charge is -2.49. The first-order valence-electron chi connectivity index (χ1n) is 9.06. The van der Waals surface area contributed by atoms with Gasteiger partial charge in [0, 0.05) is 25.2 Å². The molecule has 3 saturated heterocycles. The summed E-state index contributed by atoms with van der Waals surface area (Å²) in [4.78, 5) is 5.69. The summed E-state index contributed by atoms with van der Waals surface area (Å²) in [6.45, 7) is 4.85. The van der Waals surface area contributed by atoms with E-state index in [2.05, 4.69) is 9.80 Å². The monoisotopic (exact) mass is 277 g/mol. The summed E-state index contributed by atoms with van der Waals surface area (Å²) in [6.07, 6.45) is 12.8. The van der Waals surface area contributed by atoms with E-state index in [1.54, 1.807) is 0 Å². The lowest BCUT2D eigenvalue weighted by Crippen LogP contribution is -2.63. The molecule has 4 fully saturated rings. The zero-order valence-corrected chi connectivity index (χ0v) is 12.9. The van der Waals surface area contributed by atoms with E-state index in [9.17, 15) is 0 Å². The number of hydrogen-bond donors (Lipinski definition) is 1. The summed E-state index contributed by atoms with van der Waals surface area (Å²) in [5.74, 6) is 0.991. The molecule has 2 N–H and O–H groups in total. The normalized spacial score (nSPS) is 46.4. The van der Waals surface area contributed by atoms with Crippen LogP contribution in [0.5, 0.6) is 0 Å². The quantitative estimate of drug-likeness (QED) is 0.840. The van der Waals surface area contributed by atoms with E-state index >= 15 is 0 Å². The summed E-state index contributed by atoms with van der Waals surface area (Å²) < 4.78 is 0. The largest absolute Gasteiger partial charge is 0.329 e. The minimum Gasteiger partial charge on any atom is -0.329 e. The van der Waals surface area contributed by atoms with Gasteiger partial charge in [-0.2, -0.15) is 0 Å². The predicted molar refractivity (Wildman–Crippen MR) is 82.7 cm³/mol. The number of rotatable bonds is 2. The third-order valence-corrected chi connectivity index (χ3v) is 7.00. The van der Waals surface area contributed by atoms with Crippen LogP contribution in [0.3, 0.4) is 0 Å². The molecule has 114 valence electrons. The number of nitrogens with zero attached hydrogens (tertiary/aromatic N) is 2. The van der Waals surface area contributed by atoms with Gasteiger partial charge in [-0.25, -0.2) is 0 Å². The Balaban J connectivity index is 1.61. The molecule has 4 unspecified atom stereocenters. The van der Waals surface area contributed by atoms with Crippen molar-refractivity contribution in [3.63, 3.8) is 0 Å². The second kappa shape index (κ2) is 5.26. The van der Waals surface area contributed by atoms with E-state index in [0.29, 0.717) is 5.54 Å². The fourth-order valence-corrected chi connectivity index (χ4v) is 6.02. The first-order chi connectivity index (χ1) is 9.85. The molecule has 0 bridgehead atoms. The fraction of sp³-hybridized carbons (Fsp3) is 1.00. The smallest absolute Gasteiger partial charge is 0.0501 e. The average molecular weight is 277 g/mol. The highest BCUT2D eigenvalue weighted by Crippen LogP contribution is 2.46. The summed E-state index contributed by atoms with van der Waals surface area (Å²) >= 11 is 0. The van der Waals surface area contributed by atoms with Crippen molar-refractivity contribution in [2.24, 2.45) is 11.7 Å². The SMILES string of the molecule is NCC1(N2CCC3CCCCC32)CCN2CCCCC21. The Morgan fingerprint density at radius 3 is 2.65 bits per heavy atom. The van der Waals surface area contributed by atoms with Gasteiger partial charge in [0.25, 0.3) is 0 Å². The van der Waals surface area contributed by atoms with Crippen molar-refractivity contribution < 1.29 is 0 Å². The van der Waals surface area contributed by atoms with Crippen molar-refractivity contribution in [2.45, 2.75) is 75.4 Å². The van der Waals surface area contributed by atoms with Gasteiger partial charge in [-0.1, -0.05) is 19.3 Å². The molecule has 0 aromatic carbocycles. The molecule has 1 aliphatic carbocycles. The van der Waals surface area contributed by atoms with Gasteiger partial charge in [0.05, 0.1) is 5.54 Å². The van der Waals surface area contributed by atoms with Crippen molar-refractivity contribution in [1.82, 2.24) is 9.80 Å². The maximum Gasteiger partial charge on any atom is 0.0501 e. The van der Waals surface area contributed by atoms with Crippen LogP contribution in [0.25, 0.3) is 0 Å². The van der Waals surface area contributed by atoms with Gasteiger partial charge in [-0.05, 0) is 57.5 Å². The van der Waals surface area contributed by atoms with Crippen molar-refractivity contribution in [3.05, 3.63) is 0 Å². The van der Waals surface area contributed by atoms with Gasteiger partial charge in [0.2, 0.25) is 0 Å². The molecule has 0 spiro atoms. The Bertz CT molecular complexity index is 358. The average Bonchev–Trinajstić information content (AvgIpc) is 3.09. The van der Waals surface area contributed by atoms with Gasteiger partial charge in [-0.3, -0.25) is 9.80 Å². The molecule has 0 aromatic rings. The van der Waals surface area contributed by atoms with Crippen molar-refractivity contribution in [2.75, 3.05) is 26.2 Å². The van der Waals surface area contributed by atoms with Gasteiger partial charge >= 0.3 is 0 Å². The summed E-state index contributed by atoms with van der Waals surface area (Å²) in [6, 6.07) is 1.64. The zero-order valence-electron chi connectivity index (χ0n) is 12.9. The maximum atomic E-state index is 6.41. The van der Waals surface area contributed by atoms with Gasteiger partial charge < -0.3 is 5.73 Å². The van der Waals surface area contributed by atoms with E-state index in [0.717, 1.165) is 24.5 Å². The van der Waals surface area contributed by atoms with Gasteiger partial charge in [-0.15, -0.1) is 0 Å². The second-order valence-corrected chi connectivity index (χ2v) is 7.70. The van der Waals surface area contributed by atoms with Gasteiger partial charge in [0.15, 0.2) is 0 Å². The van der Waals surface area contributed by atoms with Crippen molar-refractivity contribution in [1.29, 1.82) is 0 Å². The molecule has 3 heterocycles. The molecule has 20 heavy (non-hydrogen) atoms. The predicted octanol–water partition coefficient (Wildman–Crippen LogP) is 2.21. The van der Waals surface area contributed by atoms with Crippen LogP contribution in [0, 0.1) is 5.92 Å². The van der Waals surface area contributed by atoms with Crippen molar-refractivity contribution >= 4 is 0 Å². The third-order valence-electron chi connectivity index (χ3n) is 7.00. The Morgan fingerprint density at radius 2 is 1.75 bits per heavy atom. The summed E-state index contributed by atoms with van der Waals surface area (Å²) in [7, 11) is 0. The lowest BCUT2D eigenvalue weighted by atomic mass is 9.80. The van der Waals surface area contributed by atoms with E-state index in [-0.39, 0.29) is 0 Å². The molecule has 3 heteroatoms. The van der Waals surface area contributed by atoms with Crippen LogP contribution < -0.4 is 5.73 Å². The summed E-state index contributed by atoms with van der Waals surface area (Å²) in [5, 5.41) is 0. The molecule has 1 saturated carbocycles. The molecule has 0 radical (unpaired) electrons. The van der Waals surface area contributed by atoms with E-state index in [1.807, 2.05) is 0 Å². The first-order valence-corrected chi connectivity index (χ1v) is 9.06. The Morgan fingerprint density at radius 1 is 0.900 bits per heavy atom. The minimum absolute atomic E-state index is 0.331. The number of piperidine rings is 1. The molecule has 0 aromatic heterocycles.